The van der Waals surface area contributed by atoms with Gasteiger partial charge in [0.15, 0.2) is 0 Å². The van der Waals surface area contributed by atoms with Gasteiger partial charge in [0.2, 0.25) is 5.88 Å². The number of hydrogen-bond acceptors (Lipinski definition) is 3. The van der Waals surface area contributed by atoms with E-state index in [4.69, 9.17) is 4.74 Å². The maximum absolute atomic E-state index is 11.7. The van der Waals surface area contributed by atoms with Crippen molar-refractivity contribution in [3.8, 4) is 5.88 Å². The van der Waals surface area contributed by atoms with Crippen LogP contribution in [0.4, 0.5) is 0 Å². The molecule has 3 nitrogen and oxygen atoms in total. The predicted molar refractivity (Wildman–Crippen MR) is 67.0 cm³/mol. The molecule has 0 amide bonds. The molecule has 1 aromatic heterocycles. The van der Waals surface area contributed by atoms with Crippen molar-refractivity contribution in [2.45, 2.75) is 26.0 Å². The van der Waals surface area contributed by atoms with Crippen LogP contribution in [-0.2, 0) is 16.6 Å². The number of ether oxygens (including phenoxy) is 1. The standard InChI is InChI=1S/C12H19NO2S/c1-10(2)7-8-16(14)9-11-5-4-6-12(13-11)15-3/h4-6,10H,7-9H2,1-3H3/t16-/m0/s1. The van der Waals surface area contributed by atoms with Crippen LogP contribution in [0, 0.1) is 5.92 Å². The van der Waals surface area contributed by atoms with Gasteiger partial charge in [-0.25, -0.2) is 4.98 Å². The van der Waals surface area contributed by atoms with Crippen molar-refractivity contribution < 1.29 is 8.95 Å². The molecular weight excluding hydrogens is 222 g/mol. The van der Waals surface area contributed by atoms with Gasteiger partial charge in [0.05, 0.1) is 18.6 Å². The molecule has 0 aromatic carbocycles. The molecule has 0 bridgehead atoms. The Hall–Kier alpha value is -0.900. The molecule has 0 fully saturated rings. The zero-order valence-electron chi connectivity index (χ0n) is 10.1. The monoisotopic (exact) mass is 241 g/mol. The van der Waals surface area contributed by atoms with Crippen molar-refractivity contribution >= 4 is 10.8 Å². The number of aromatic nitrogens is 1. The van der Waals surface area contributed by atoms with Gasteiger partial charge in [0.1, 0.15) is 0 Å². The summed E-state index contributed by atoms with van der Waals surface area (Å²) in [5.74, 6) is 2.45. The predicted octanol–water partition coefficient (Wildman–Crippen LogP) is 2.39. The van der Waals surface area contributed by atoms with Gasteiger partial charge in [-0.1, -0.05) is 19.9 Å². The van der Waals surface area contributed by atoms with Crippen molar-refractivity contribution in [1.82, 2.24) is 4.98 Å². The highest BCUT2D eigenvalue weighted by molar-refractivity contribution is 7.84. The first-order valence-corrected chi connectivity index (χ1v) is 6.95. The molecule has 0 spiro atoms. The van der Waals surface area contributed by atoms with Crippen LogP contribution in [0.3, 0.4) is 0 Å². The Morgan fingerprint density at radius 2 is 2.19 bits per heavy atom. The third-order valence-corrected chi connectivity index (χ3v) is 3.53. The molecule has 0 aliphatic rings. The maximum Gasteiger partial charge on any atom is 0.213 e. The van der Waals surface area contributed by atoms with Crippen molar-refractivity contribution in [1.29, 1.82) is 0 Å². The maximum atomic E-state index is 11.7. The third-order valence-electron chi connectivity index (χ3n) is 2.22. The van der Waals surface area contributed by atoms with E-state index in [0.29, 0.717) is 17.6 Å². The Labute approximate surface area is 99.7 Å². The number of rotatable bonds is 6. The summed E-state index contributed by atoms with van der Waals surface area (Å²) in [6.07, 6.45) is 0.997. The topological polar surface area (TPSA) is 39.2 Å². The lowest BCUT2D eigenvalue weighted by Gasteiger charge is -2.05. The minimum Gasteiger partial charge on any atom is -0.481 e. The lowest BCUT2D eigenvalue weighted by Crippen LogP contribution is -2.05. The van der Waals surface area contributed by atoms with Gasteiger partial charge >= 0.3 is 0 Å². The van der Waals surface area contributed by atoms with Crippen molar-refractivity contribution in [2.75, 3.05) is 12.9 Å². The van der Waals surface area contributed by atoms with Crippen molar-refractivity contribution in [3.05, 3.63) is 23.9 Å². The van der Waals surface area contributed by atoms with Gasteiger partial charge in [-0.2, -0.15) is 0 Å². The largest absolute Gasteiger partial charge is 0.481 e. The second kappa shape index (κ2) is 6.63. The van der Waals surface area contributed by atoms with E-state index < -0.39 is 10.8 Å². The van der Waals surface area contributed by atoms with Crippen LogP contribution in [0.25, 0.3) is 0 Å². The van der Waals surface area contributed by atoms with E-state index >= 15 is 0 Å². The molecular formula is C12H19NO2S. The Kier molecular flexibility index (Phi) is 5.46. The molecule has 16 heavy (non-hydrogen) atoms. The normalized spacial score (nSPS) is 12.8. The van der Waals surface area contributed by atoms with E-state index in [9.17, 15) is 4.21 Å². The van der Waals surface area contributed by atoms with Crippen LogP contribution in [0.1, 0.15) is 26.0 Å². The third kappa shape index (κ3) is 4.75. The number of hydrogen-bond donors (Lipinski definition) is 0. The molecule has 0 aliphatic heterocycles. The quantitative estimate of drug-likeness (QED) is 0.767. The fourth-order valence-corrected chi connectivity index (χ4v) is 2.63. The summed E-state index contributed by atoms with van der Waals surface area (Å²) in [5, 5.41) is 0. The fourth-order valence-electron chi connectivity index (χ4n) is 1.26. The van der Waals surface area contributed by atoms with Crippen LogP contribution in [0.5, 0.6) is 5.88 Å². The highest BCUT2D eigenvalue weighted by Crippen LogP contribution is 2.10. The molecule has 90 valence electrons. The van der Waals surface area contributed by atoms with Gasteiger partial charge in [-0.05, 0) is 18.4 Å². The smallest absolute Gasteiger partial charge is 0.213 e. The molecule has 1 aromatic rings. The van der Waals surface area contributed by atoms with Crippen molar-refractivity contribution in [3.63, 3.8) is 0 Å². The minimum absolute atomic E-state index is 0.518. The van der Waals surface area contributed by atoms with Crippen LogP contribution in [-0.4, -0.2) is 22.1 Å². The lowest BCUT2D eigenvalue weighted by molar-refractivity contribution is 0.397. The van der Waals surface area contributed by atoms with Gasteiger partial charge in [0.25, 0.3) is 0 Å². The van der Waals surface area contributed by atoms with Crippen LogP contribution in [0.15, 0.2) is 18.2 Å². The summed E-state index contributed by atoms with van der Waals surface area (Å²) in [4.78, 5) is 4.24. The Morgan fingerprint density at radius 3 is 2.81 bits per heavy atom. The van der Waals surface area contributed by atoms with Crippen LogP contribution in [0.2, 0.25) is 0 Å². The molecule has 0 saturated heterocycles. The van der Waals surface area contributed by atoms with E-state index in [0.717, 1.165) is 17.9 Å². The Balaban J connectivity index is 2.49. The first-order valence-electron chi connectivity index (χ1n) is 5.46. The van der Waals surface area contributed by atoms with Crippen LogP contribution < -0.4 is 4.74 Å². The highest BCUT2D eigenvalue weighted by Gasteiger charge is 2.05. The summed E-state index contributed by atoms with van der Waals surface area (Å²) in [7, 11) is 0.765. The Morgan fingerprint density at radius 1 is 1.44 bits per heavy atom. The molecule has 0 unspecified atom stereocenters. The molecule has 1 heterocycles. The minimum atomic E-state index is -0.820. The lowest BCUT2D eigenvalue weighted by atomic mass is 10.2. The van der Waals surface area contributed by atoms with Gasteiger partial charge in [-0.15, -0.1) is 0 Å². The summed E-state index contributed by atoms with van der Waals surface area (Å²) in [6.45, 7) is 4.28. The molecule has 1 rings (SSSR count). The molecule has 0 radical (unpaired) electrons. The zero-order chi connectivity index (χ0) is 12.0. The number of pyridine rings is 1. The molecule has 1 atom stereocenters. The zero-order valence-corrected chi connectivity index (χ0v) is 10.9. The first-order chi connectivity index (χ1) is 7.61. The first kappa shape index (κ1) is 13.2. The SMILES string of the molecule is COc1cccc(C[S@@](=O)CCC(C)C)n1. The van der Waals surface area contributed by atoms with Gasteiger partial charge < -0.3 is 4.74 Å². The average Bonchev–Trinajstić information content (AvgIpc) is 2.26. The number of nitrogens with zero attached hydrogens (tertiary/aromatic N) is 1. The molecule has 0 saturated carbocycles. The van der Waals surface area contributed by atoms with Gasteiger partial charge in [-0.3, -0.25) is 4.21 Å². The van der Waals surface area contributed by atoms with E-state index in [1.165, 1.54) is 0 Å². The summed E-state index contributed by atoms with van der Waals surface area (Å²) < 4.78 is 16.8. The molecule has 0 aliphatic carbocycles. The van der Waals surface area contributed by atoms with Crippen LogP contribution >= 0.6 is 0 Å². The molecule has 4 heteroatoms. The number of methoxy groups -OCH3 is 1. The summed E-state index contributed by atoms with van der Waals surface area (Å²) in [6, 6.07) is 5.55. The second-order valence-electron chi connectivity index (χ2n) is 4.14. The highest BCUT2D eigenvalue weighted by atomic mass is 32.2. The van der Waals surface area contributed by atoms with E-state index in [1.807, 2.05) is 12.1 Å². The second-order valence-corrected chi connectivity index (χ2v) is 5.72. The summed E-state index contributed by atoms with van der Waals surface area (Å²) >= 11 is 0. The van der Waals surface area contributed by atoms with Crippen molar-refractivity contribution in [2.24, 2.45) is 5.92 Å². The fraction of sp³-hybridized carbons (Fsp3) is 0.583. The summed E-state index contributed by atoms with van der Waals surface area (Å²) in [5.41, 5.74) is 0.835. The van der Waals surface area contributed by atoms with Gasteiger partial charge in [0, 0.05) is 22.6 Å². The molecule has 0 N–H and O–H groups in total. The van der Waals surface area contributed by atoms with E-state index in [1.54, 1.807) is 13.2 Å². The van der Waals surface area contributed by atoms with E-state index in [2.05, 4.69) is 18.8 Å². The average molecular weight is 241 g/mol. The van der Waals surface area contributed by atoms with E-state index in [-0.39, 0.29) is 0 Å². The Bertz CT molecular complexity index is 353.